The quantitative estimate of drug-likeness (QED) is 0.422. The van der Waals surface area contributed by atoms with Crippen LogP contribution in [-0.4, -0.2) is 0 Å². The lowest BCUT2D eigenvalue weighted by Gasteiger charge is -2.04. The average Bonchev–Trinajstić information content (AvgIpc) is 2.65. The van der Waals surface area contributed by atoms with Gasteiger partial charge in [-0.15, -0.1) is 0 Å². The van der Waals surface area contributed by atoms with Gasteiger partial charge in [-0.1, -0.05) is 118 Å². The molecule has 1 aromatic rings. The summed E-state index contributed by atoms with van der Waals surface area (Å²) in [4.78, 5) is 0. The Balaban J connectivity index is -0.000000296. The molecule has 1 aromatic carbocycles. The topological polar surface area (TPSA) is 0 Å². The van der Waals surface area contributed by atoms with Crippen LogP contribution in [0.3, 0.4) is 0 Å². The molecule has 0 aliphatic carbocycles. The molecule has 0 unspecified atom stereocenters. The van der Waals surface area contributed by atoms with Gasteiger partial charge < -0.3 is 0 Å². The normalized spacial score (nSPS) is 9.15. The van der Waals surface area contributed by atoms with Crippen molar-refractivity contribution in [3.63, 3.8) is 0 Å². The standard InChI is InChI=1S/C10H14.C8H18.2C4H10/c1-7-5-9(3)10(4)6-8(7)2;1-3-5-7-8-6-4-2;2*1-3-4-2/h5-6H,1-4H3;3-8H2,1-2H3;2*3-4H2,1-2H3. The van der Waals surface area contributed by atoms with Gasteiger partial charge in [0.25, 0.3) is 0 Å². The van der Waals surface area contributed by atoms with Crippen LogP contribution in [0.4, 0.5) is 0 Å². The van der Waals surface area contributed by atoms with Crippen LogP contribution < -0.4 is 0 Å². The zero-order chi connectivity index (χ0) is 20.8. The van der Waals surface area contributed by atoms with Gasteiger partial charge in [0.05, 0.1) is 0 Å². The zero-order valence-corrected chi connectivity index (χ0v) is 20.2. The number of hydrogen-bond acceptors (Lipinski definition) is 0. The first-order chi connectivity index (χ1) is 12.4. The van der Waals surface area contributed by atoms with E-state index < -0.39 is 0 Å². The molecule has 156 valence electrons. The van der Waals surface area contributed by atoms with E-state index in [1.165, 1.54) is 86.5 Å². The van der Waals surface area contributed by atoms with Crippen LogP contribution in [0.2, 0.25) is 0 Å². The van der Waals surface area contributed by atoms with Gasteiger partial charge in [-0.2, -0.15) is 0 Å². The summed E-state index contributed by atoms with van der Waals surface area (Å²) in [6.45, 7) is 21.9. The summed E-state index contributed by atoms with van der Waals surface area (Å²) < 4.78 is 0. The average molecular weight is 365 g/mol. The molecule has 0 spiro atoms. The molecule has 0 saturated heterocycles. The van der Waals surface area contributed by atoms with Crippen molar-refractivity contribution in [3.05, 3.63) is 34.4 Å². The Bertz CT molecular complexity index is 312. The lowest BCUT2D eigenvalue weighted by molar-refractivity contribution is 0.624. The Morgan fingerprint density at radius 1 is 0.385 bits per heavy atom. The monoisotopic (exact) mass is 364 g/mol. The molecule has 0 bridgehead atoms. The van der Waals surface area contributed by atoms with E-state index in [1.807, 2.05) is 0 Å². The lowest BCUT2D eigenvalue weighted by Crippen LogP contribution is -1.86. The fourth-order valence-electron chi connectivity index (χ4n) is 1.96. The third-order valence-electron chi connectivity index (χ3n) is 4.57. The second-order valence-electron chi connectivity index (χ2n) is 7.43. The molecule has 0 atom stereocenters. The van der Waals surface area contributed by atoms with E-state index >= 15 is 0 Å². The molecule has 0 saturated carbocycles. The van der Waals surface area contributed by atoms with Crippen molar-refractivity contribution in [2.45, 2.75) is 133 Å². The van der Waals surface area contributed by atoms with E-state index in [2.05, 4.69) is 81.4 Å². The Labute approximate surface area is 168 Å². The molecular formula is C26H52. The van der Waals surface area contributed by atoms with E-state index in [9.17, 15) is 0 Å². The Morgan fingerprint density at radius 3 is 0.769 bits per heavy atom. The van der Waals surface area contributed by atoms with Crippen molar-refractivity contribution in [2.75, 3.05) is 0 Å². The van der Waals surface area contributed by atoms with Gasteiger partial charge in [-0.25, -0.2) is 0 Å². The van der Waals surface area contributed by atoms with Crippen molar-refractivity contribution < 1.29 is 0 Å². The predicted octanol–water partition coefficient (Wildman–Crippen LogP) is 9.90. The first-order valence-corrected chi connectivity index (χ1v) is 11.4. The number of benzene rings is 1. The Morgan fingerprint density at radius 2 is 0.615 bits per heavy atom. The van der Waals surface area contributed by atoms with Crippen LogP contribution in [0.5, 0.6) is 0 Å². The zero-order valence-electron chi connectivity index (χ0n) is 20.2. The molecule has 0 aromatic heterocycles. The van der Waals surface area contributed by atoms with Gasteiger partial charge in [0.2, 0.25) is 0 Å². The molecule has 0 radical (unpaired) electrons. The largest absolute Gasteiger partial charge is 0.0654 e. The first kappa shape index (κ1) is 30.0. The van der Waals surface area contributed by atoms with E-state index in [1.54, 1.807) is 0 Å². The van der Waals surface area contributed by atoms with Crippen molar-refractivity contribution in [1.82, 2.24) is 0 Å². The minimum Gasteiger partial charge on any atom is -0.0654 e. The van der Waals surface area contributed by atoms with Gasteiger partial charge in [0, 0.05) is 0 Å². The van der Waals surface area contributed by atoms with E-state index in [4.69, 9.17) is 0 Å². The third-order valence-corrected chi connectivity index (χ3v) is 4.57. The molecule has 0 aliphatic heterocycles. The number of aryl methyl sites for hydroxylation is 4. The SMILES string of the molecule is CCCC.CCCC.CCCCCCCC.Cc1cc(C)c(C)cc1C. The summed E-state index contributed by atoms with van der Waals surface area (Å²) in [5, 5.41) is 0. The van der Waals surface area contributed by atoms with Crippen LogP contribution in [0.25, 0.3) is 0 Å². The van der Waals surface area contributed by atoms with Crippen molar-refractivity contribution >= 4 is 0 Å². The smallest absolute Gasteiger partial charge is 0.0395 e. The van der Waals surface area contributed by atoms with E-state index in [0.29, 0.717) is 0 Å². The maximum absolute atomic E-state index is 2.26. The molecular weight excluding hydrogens is 312 g/mol. The number of rotatable bonds is 7. The van der Waals surface area contributed by atoms with Gasteiger partial charge in [-0.3, -0.25) is 0 Å². The summed E-state index contributed by atoms with van der Waals surface area (Å²) >= 11 is 0. The van der Waals surface area contributed by atoms with Gasteiger partial charge >= 0.3 is 0 Å². The summed E-state index contributed by atoms with van der Waals surface area (Å²) in [5.74, 6) is 0. The molecule has 1 rings (SSSR count). The maximum atomic E-state index is 2.26. The molecule has 26 heavy (non-hydrogen) atoms. The molecule has 0 nitrogen and oxygen atoms in total. The van der Waals surface area contributed by atoms with Gasteiger partial charge in [0.1, 0.15) is 0 Å². The minimum atomic E-state index is 1.32. The Kier molecular flexibility index (Phi) is 27.9. The molecule has 0 heteroatoms. The minimum absolute atomic E-state index is 1.32. The summed E-state index contributed by atoms with van der Waals surface area (Å²) in [5.41, 5.74) is 5.57. The molecule has 0 aliphatic rings. The highest BCUT2D eigenvalue weighted by Crippen LogP contribution is 2.13. The fraction of sp³-hybridized carbons (Fsp3) is 0.769. The van der Waals surface area contributed by atoms with E-state index in [0.717, 1.165) is 0 Å². The molecule has 0 amide bonds. The van der Waals surface area contributed by atoms with Gasteiger partial charge in [-0.05, 0) is 49.9 Å². The van der Waals surface area contributed by atoms with Crippen molar-refractivity contribution in [2.24, 2.45) is 0 Å². The van der Waals surface area contributed by atoms with Crippen molar-refractivity contribution in [1.29, 1.82) is 0 Å². The fourth-order valence-corrected chi connectivity index (χ4v) is 1.96. The van der Waals surface area contributed by atoms with Crippen LogP contribution in [0, 0.1) is 27.7 Å². The van der Waals surface area contributed by atoms with Crippen LogP contribution in [0.15, 0.2) is 12.1 Å². The highest BCUT2D eigenvalue weighted by atomic mass is 14.0. The Hall–Kier alpha value is -0.780. The van der Waals surface area contributed by atoms with Crippen LogP contribution in [0.1, 0.15) is 128 Å². The highest BCUT2D eigenvalue weighted by Gasteiger charge is 1.95. The predicted molar refractivity (Wildman–Crippen MR) is 126 cm³/mol. The summed E-state index contributed by atoms with van der Waals surface area (Å²) in [6.07, 6.45) is 13.8. The maximum Gasteiger partial charge on any atom is -0.0395 e. The first-order valence-electron chi connectivity index (χ1n) is 11.4. The highest BCUT2D eigenvalue weighted by molar-refractivity contribution is 5.35. The summed E-state index contributed by atoms with van der Waals surface area (Å²) in [7, 11) is 0. The molecule has 0 heterocycles. The third kappa shape index (κ3) is 23.2. The van der Waals surface area contributed by atoms with Crippen molar-refractivity contribution in [3.8, 4) is 0 Å². The number of hydrogen-bond donors (Lipinski definition) is 0. The summed E-state index contributed by atoms with van der Waals surface area (Å²) in [6, 6.07) is 4.48. The number of unbranched alkanes of at least 4 members (excludes halogenated alkanes) is 7. The second kappa shape index (κ2) is 24.2. The second-order valence-corrected chi connectivity index (χ2v) is 7.43. The van der Waals surface area contributed by atoms with Crippen LogP contribution in [-0.2, 0) is 0 Å². The van der Waals surface area contributed by atoms with Gasteiger partial charge in [0.15, 0.2) is 0 Å². The molecule has 0 N–H and O–H groups in total. The van der Waals surface area contributed by atoms with E-state index in [-0.39, 0.29) is 0 Å². The van der Waals surface area contributed by atoms with Crippen LogP contribution >= 0.6 is 0 Å². The lowest BCUT2D eigenvalue weighted by atomic mass is 10.0. The molecule has 0 fully saturated rings.